The lowest BCUT2D eigenvalue weighted by molar-refractivity contribution is -0.150. The van der Waals surface area contributed by atoms with E-state index in [9.17, 15) is 9.59 Å². The summed E-state index contributed by atoms with van der Waals surface area (Å²) < 4.78 is 16.0. The van der Waals surface area contributed by atoms with Gasteiger partial charge in [0.2, 0.25) is 0 Å². The molecule has 2 rings (SSSR count). The van der Waals surface area contributed by atoms with Crippen LogP contribution >= 0.6 is 0 Å². The minimum atomic E-state index is -0.834. The highest BCUT2D eigenvalue weighted by molar-refractivity contribution is 5.90. The molecule has 1 amide bonds. The van der Waals surface area contributed by atoms with Gasteiger partial charge >= 0.3 is 5.97 Å². The standard InChI is InChI=1S/C23H31NO5/c1-4-15-28-20-13-11-18(16-21(20)27-3)12-14-22(25)29-17(2)23(26)24-19-9-7-5-6-8-10-19/h4,11-14,16-17,19H,1,5-10,15H2,2-3H3,(H,24,26)/b14-12+/t17-/m0/s1. The van der Waals surface area contributed by atoms with Gasteiger partial charge in [0.15, 0.2) is 17.6 Å². The van der Waals surface area contributed by atoms with Gasteiger partial charge < -0.3 is 19.5 Å². The first-order valence-corrected chi connectivity index (χ1v) is 10.1. The lowest BCUT2D eigenvalue weighted by atomic mass is 10.1. The van der Waals surface area contributed by atoms with Crippen molar-refractivity contribution in [3.8, 4) is 11.5 Å². The Morgan fingerprint density at radius 3 is 2.59 bits per heavy atom. The van der Waals surface area contributed by atoms with Gasteiger partial charge in [-0.25, -0.2) is 4.79 Å². The number of hydrogen-bond acceptors (Lipinski definition) is 5. The fraction of sp³-hybridized carbons (Fsp3) is 0.478. The van der Waals surface area contributed by atoms with Crippen LogP contribution in [-0.2, 0) is 14.3 Å². The molecule has 1 aromatic carbocycles. The van der Waals surface area contributed by atoms with Gasteiger partial charge in [-0.1, -0.05) is 44.4 Å². The summed E-state index contributed by atoms with van der Waals surface area (Å²) in [4.78, 5) is 24.4. The van der Waals surface area contributed by atoms with Crippen molar-refractivity contribution < 1.29 is 23.8 Å². The molecule has 0 aliphatic heterocycles. The molecule has 1 saturated carbocycles. The molecule has 0 radical (unpaired) electrons. The van der Waals surface area contributed by atoms with E-state index in [4.69, 9.17) is 14.2 Å². The molecule has 0 spiro atoms. The van der Waals surface area contributed by atoms with Gasteiger partial charge in [-0.15, -0.1) is 0 Å². The zero-order chi connectivity index (χ0) is 21.1. The van der Waals surface area contributed by atoms with E-state index >= 15 is 0 Å². The Labute approximate surface area is 172 Å². The van der Waals surface area contributed by atoms with Crippen molar-refractivity contribution in [1.82, 2.24) is 5.32 Å². The molecule has 0 bridgehead atoms. The van der Waals surface area contributed by atoms with Crippen molar-refractivity contribution in [1.29, 1.82) is 0 Å². The van der Waals surface area contributed by atoms with E-state index in [0.29, 0.717) is 18.1 Å². The van der Waals surface area contributed by atoms with Crippen LogP contribution in [0, 0.1) is 0 Å². The normalized spacial score (nSPS) is 15.9. The molecule has 29 heavy (non-hydrogen) atoms. The Bertz CT molecular complexity index is 720. The number of carbonyl (C=O) groups is 2. The predicted molar refractivity (Wildman–Crippen MR) is 113 cm³/mol. The van der Waals surface area contributed by atoms with E-state index < -0.39 is 12.1 Å². The molecule has 158 valence electrons. The van der Waals surface area contributed by atoms with Crippen molar-refractivity contribution in [3.63, 3.8) is 0 Å². The third-order valence-electron chi connectivity index (χ3n) is 4.82. The highest BCUT2D eigenvalue weighted by Crippen LogP contribution is 2.28. The van der Waals surface area contributed by atoms with E-state index in [-0.39, 0.29) is 11.9 Å². The largest absolute Gasteiger partial charge is 0.493 e. The topological polar surface area (TPSA) is 73.9 Å². The van der Waals surface area contributed by atoms with Crippen LogP contribution in [0.15, 0.2) is 36.9 Å². The van der Waals surface area contributed by atoms with Crippen LogP contribution < -0.4 is 14.8 Å². The van der Waals surface area contributed by atoms with Crippen molar-refractivity contribution in [2.24, 2.45) is 0 Å². The maximum Gasteiger partial charge on any atom is 0.331 e. The maximum absolute atomic E-state index is 12.3. The summed E-state index contributed by atoms with van der Waals surface area (Å²) in [6, 6.07) is 5.49. The second-order valence-electron chi connectivity index (χ2n) is 7.12. The van der Waals surface area contributed by atoms with Gasteiger partial charge in [-0.3, -0.25) is 4.79 Å². The summed E-state index contributed by atoms with van der Waals surface area (Å²) in [5.74, 6) is 0.331. The second-order valence-corrected chi connectivity index (χ2v) is 7.12. The summed E-state index contributed by atoms with van der Waals surface area (Å²) in [5.41, 5.74) is 0.750. The van der Waals surface area contributed by atoms with Crippen molar-refractivity contribution >= 4 is 18.0 Å². The number of nitrogens with one attached hydrogen (secondary N) is 1. The fourth-order valence-corrected chi connectivity index (χ4v) is 3.23. The molecule has 1 aromatic rings. The quantitative estimate of drug-likeness (QED) is 0.293. The van der Waals surface area contributed by atoms with E-state index in [1.54, 1.807) is 44.4 Å². The summed E-state index contributed by atoms with van der Waals surface area (Å²) in [6.07, 6.45) is 10.4. The molecule has 1 atom stereocenters. The summed E-state index contributed by atoms with van der Waals surface area (Å²) >= 11 is 0. The molecular weight excluding hydrogens is 370 g/mol. The van der Waals surface area contributed by atoms with E-state index in [1.807, 2.05) is 0 Å². The number of amides is 1. The number of benzene rings is 1. The molecule has 1 N–H and O–H groups in total. The average Bonchev–Trinajstić information content (AvgIpc) is 2.99. The molecule has 0 saturated heterocycles. The Kier molecular flexibility index (Phi) is 9.28. The second kappa shape index (κ2) is 11.9. The number of hydrogen-bond donors (Lipinski definition) is 1. The predicted octanol–water partition coefficient (Wildman–Crippen LogP) is 4.04. The van der Waals surface area contributed by atoms with Crippen LogP contribution in [-0.4, -0.2) is 37.7 Å². The molecule has 0 unspecified atom stereocenters. The molecule has 0 heterocycles. The minimum absolute atomic E-state index is 0.177. The van der Waals surface area contributed by atoms with Crippen LogP contribution in [0.4, 0.5) is 0 Å². The van der Waals surface area contributed by atoms with Gasteiger partial charge in [-0.05, 0) is 43.5 Å². The Balaban J connectivity index is 1.87. The highest BCUT2D eigenvalue weighted by Gasteiger charge is 2.21. The molecule has 1 fully saturated rings. The third kappa shape index (κ3) is 7.64. The van der Waals surface area contributed by atoms with Crippen LogP contribution in [0.5, 0.6) is 11.5 Å². The zero-order valence-electron chi connectivity index (χ0n) is 17.3. The Morgan fingerprint density at radius 1 is 1.21 bits per heavy atom. The Hall–Kier alpha value is -2.76. The van der Waals surface area contributed by atoms with Gasteiger partial charge in [0.25, 0.3) is 5.91 Å². The first-order chi connectivity index (χ1) is 14.0. The Morgan fingerprint density at radius 2 is 1.93 bits per heavy atom. The van der Waals surface area contributed by atoms with Gasteiger partial charge in [0, 0.05) is 12.1 Å². The van der Waals surface area contributed by atoms with Gasteiger partial charge in [0.05, 0.1) is 7.11 Å². The van der Waals surface area contributed by atoms with Crippen molar-refractivity contribution in [3.05, 3.63) is 42.5 Å². The van der Waals surface area contributed by atoms with Gasteiger partial charge in [-0.2, -0.15) is 0 Å². The number of esters is 1. The van der Waals surface area contributed by atoms with Crippen LogP contribution in [0.2, 0.25) is 0 Å². The van der Waals surface area contributed by atoms with Crippen LogP contribution in [0.1, 0.15) is 51.0 Å². The summed E-state index contributed by atoms with van der Waals surface area (Å²) in [5, 5.41) is 3.00. The number of rotatable bonds is 9. The van der Waals surface area contributed by atoms with Crippen molar-refractivity contribution in [2.75, 3.05) is 13.7 Å². The molecule has 6 nitrogen and oxygen atoms in total. The molecule has 6 heteroatoms. The molecule has 0 aromatic heterocycles. The SMILES string of the molecule is C=CCOc1ccc(/C=C/C(=O)O[C@@H](C)C(=O)NC2CCCCCC2)cc1OC. The van der Waals surface area contributed by atoms with Crippen LogP contribution in [0.3, 0.4) is 0 Å². The monoisotopic (exact) mass is 401 g/mol. The summed E-state index contributed by atoms with van der Waals surface area (Å²) in [6.45, 7) is 5.58. The number of carbonyl (C=O) groups excluding carboxylic acids is 2. The average molecular weight is 402 g/mol. The molecule has 1 aliphatic carbocycles. The lowest BCUT2D eigenvalue weighted by Gasteiger charge is -2.19. The minimum Gasteiger partial charge on any atom is -0.493 e. The van der Waals surface area contributed by atoms with E-state index in [0.717, 1.165) is 31.2 Å². The lowest BCUT2D eigenvalue weighted by Crippen LogP contribution is -2.41. The van der Waals surface area contributed by atoms with E-state index in [1.165, 1.54) is 18.9 Å². The highest BCUT2D eigenvalue weighted by atomic mass is 16.5. The fourth-order valence-electron chi connectivity index (χ4n) is 3.23. The number of ether oxygens (including phenoxy) is 3. The van der Waals surface area contributed by atoms with Crippen LogP contribution in [0.25, 0.3) is 6.08 Å². The first kappa shape index (κ1) is 22.5. The first-order valence-electron chi connectivity index (χ1n) is 10.1. The molecular formula is C23H31NO5. The number of methoxy groups -OCH3 is 1. The zero-order valence-corrected chi connectivity index (χ0v) is 17.3. The smallest absolute Gasteiger partial charge is 0.331 e. The van der Waals surface area contributed by atoms with E-state index in [2.05, 4.69) is 11.9 Å². The maximum atomic E-state index is 12.3. The third-order valence-corrected chi connectivity index (χ3v) is 4.82. The summed E-state index contributed by atoms with van der Waals surface area (Å²) in [7, 11) is 1.55. The van der Waals surface area contributed by atoms with Crippen molar-refractivity contribution in [2.45, 2.75) is 57.6 Å². The molecule has 1 aliphatic rings. The van der Waals surface area contributed by atoms with Gasteiger partial charge in [0.1, 0.15) is 6.61 Å².